The largest absolute Gasteiger partial charge is 0.416 e. The maximum absolute atomic E-state index is 13.3. The van der Waals surface area contributed by atoms with Gasteiger partial charge in [-0.3, -0.25) is 14.4 Å². The lowest BCUT2D eigenvalue weighted by Gasteiger charge is -2.18. The number of carbonyl (C=O) groups excluding carboxylic acids is 3. The van der Waals surface area contributed by atoms with E-state index in [2.05, 4.69) is 16.0 Å². The lowest BCUT2D eigenvalue weighted by molar-refractivity contribution is -0.137. The fraction of sp³-hybridized carbons (Fsp3) is 0.344. The summed E-state index contributed by atoms with van der Waals surface area (Å²) < 4.78 is 67.1. The smallest absolute Gasteiger partial charge is 0.354 e. The van der Waals surface area contributed by atoms with Gasteiger partial charge in [0.05, 0.1) is 22.6 Å². The molecule has 0 aliphatic heterocycles. The maximum atomic E-state index is 13.3. The fourth-order valence-electron chi connectivity index (χ4n) is 4.48. The molecule has 0 fully saturated rings. The summed E-state index contributed by atoms with van der Waals surface area (Å²) in [5.41, 5.74) is 0.00316. The van der Waals surface area contributed by atoms with Crippen molar-refractivity contribution >= 4 is 50.5 Å². The van der Waals surface area contributed by atoms with Crippen molar-refractivity contribution < 1.29 is 36.0 Å². The Labute approximate surface area is 261 Å². The molecule has 3 rings (SSSR count). The molecule has 0 spiro atoms. The van der Waals surface area contributed by atoms with Crippen LogP contribution in [0.2, 0.25) is 0 Å². The van der Waals surface area contributed by atoms with Gasteiger partial charge in [-0.15, -0.1) is 0 Å². The van der Waals surface area contributed by atoms with E-state index in [4.69, 9.17) is 0 Å². The second-order valence-electron chi connectivity index (χ2n) is 10.4. The van der Waals surface area contributed by atoms with Crippen LogP contribution in [0.5, 0.6) is 0 Å². The summed E-state index contributed by atoms with van der Waals surface area (Å²) >= 11 is 0. The molecule has 3 aromatic carbocycles. The number of unbranched alkanes of at least 4 members (excludes halogenated alkanes) is 2. The molecule has 0 aliphatic rings. The topological polar surface area (TPSA) is 133 Å². The zero-order valence-electron chi connectivity index (χ0n) is 25.3. The van der Waals surface area contributed by atoms with Crippen molar-refractivity contribution in [2.24, 2.45) is 5.92 Å². The summed E-state index contributed by atoms with van der Waals surface area (Å²) in [4.78, 5) is 38.2. The molecular weight excluding hydrogens is 609 g/mol. The molecule has 0 saturated carbocycles. The average Bonchev–Trinajstić information content (AvgIpc) is 2.98. The Morgan fingerprint density at radius 3 is 2.09 bits per heavy atom. The summed E-state index contributed by atoms with van der Waals surface area (Å²) in [5, 5.41) is 8.34. The highest BCUT2D eigenvalue weighted by Crippen LogP contribution is 2.32. The SMILES string of the molecule is CCCCCC(=O)NS(=O)(=O)c1ccccc1NC(=O)c1ccc(Nc2ccc(C(F)(F)F)cc2)c(NC(=O)C(CC)CC)c1. The Balaban J connectivity index is 1.90. The number of anilines is 4. The van der Waals surface area contributed by atoms with Crippen LogP contribution in [0, 0.1) is 5.92 Å². The van der Waals surface area contributed by atoms with E-state index in [0.717, 1.165) is 25.0 Å². The maximum Gasteiger partial charge on any atom is 0.416 e. The van der Waals surface area contributed by atoms with E-state index < -0.39 is 33.6 Å². The Morgan fingerprint density at radius 2 is 1.47 bits per heavy atom. The highest BCUT2D eigenvalue weighted by molar-refractivity contribution is 7.90. The molecule has 0 radical (unpaired) electrons. The summed E-state index contributed by atoms with van der Waals surface area (Å²) in [5.74, 6) is -1.99. The van der Waals surface area contributed by atoms with Gasteiger partial charge >= 0.3 is 6.18 Å². The Hall–Kier alpha value is -4.39. The van der Waals surface area contributed by atoms with Gasteiger partial charge in [-0.05, 0) is 73.9 Å². The average molecular weight is 647 g/mol. The number of halogens is 3. The van der Waals surface area contributed by atoms with Crippen molar-refractivity contribution in [2.75, 3.05) is 16.0 Å². The lowest BCUT2D eigenvalue weighted by atomic mass is 10.0. The lowest BCUT2D eigenvalue weighted by Crippen LogP contribution is -2.31. The molecule has 45 heavy (non-hydrogen) atoms. The van der Waals surface area contributed by atoms with Gasteiger partial charge in [0.15, 0.2) is 0 Å². The normalized spacial score (nSPS) is 11.6. The van der Waals surface area contributed by atoms with Gasteiger partial charge in [0.2, 0.25) is 11.8 Å². The van der Waals surface area contributed by atoms with Crippen molar-refractivity contribution in [3.63, 3.8) is 0 Å². The van der Waals surface area contributed by atoms with E-state index in [1.165, 1.54) is 54.6 Å². The number of para-hydroxylation sites is 1. The molecule has 242 valence electrons. The third-order valence-corrected chi connectivity index (χ3v) is 8.50. The van der Waals surface area contributed by atoms with Crippen LogP contribution in [0.3, 0.4) is 0 Å². The standard InChI is InChI=1S/C32H37F3N4O5S/c1-4-7-8-13-29(40)39-45(43,44)28-12-10-9-11-26(28)37-31(42)22-14-19-25(27(20-22)38-30(41)21(5-2)6-3)36-24-17-15-23(16-18-24)32(33,34)35/h9-12,14-21,36H,4-8,13H2,1-3H3,(H,37,42)(H,38,41)(H,39,40). The zero-order valence-corrected chi connectivity index (χ0v) is 26.1. The molecule has 0 unspecified atom stereocenters. The summed E-state index contributed by atoms with van der Waals surface area (Å²) in [6.07, 6.45) is -1.16. The van der Waals surface area contributed by atoms with E-state index in [0.29, 0.717) is 30.6 Å². The van der Waals surface area contributed by atoms with Gasteiger partial charge in [0.1, 0.15) is 4.90 Å². The Morgan fingerprint density at radius 1 is 0.800 bits per heavy atom. The molecule has 0 aromatic heterocycles. The first-order valence-corrected chi connectivity index (χ1v) is 16.1. The van der Waals surface area contributed by atoms with E-state index in [9.17, 15) is 36.0 Å². The van der Waals surface area contributed by atoms with Crippen molar-refractivity contribution in [2.45, 2.75) is 70.4 Å². The Kier molecular flexibility index (Phi) is 12.1. The van der Waals surface area contributed by atoms with E-state index in [-0.39, 0.29) is 40.1 Å². The fourth-order valence-corrected chi connectivity index (χ4v) is 5.66. The molecule has 13 heteroatoms. The van der Waals surface area contributed by atoms with Crippen LogP contribution >= 0.6 is 0 Å². The van der Waals surface area contributed by atoms with Crippen LogP contribution in [-0.4, -0.2) is 26.1 Å². The van der Waals surface area contributed by atoms with Crippen molar-refractivity contribution in [1.82, 2.24) is 4.72 Å². The summed E-state index contributed by atoms with van der Waals surface area (Å²) in [6.45, 7) is 5.68. The highest BCUT2D eigenvalue weighted by atomic mass is 32.2. The second-order valence-corrected chi connectivity index (χ2v) is 12.1. The molecule has 3 amide bonds. The predicted molar refractivity (Wildman–Crippen MR) is 168 cm³/mol. The second kappa shape index (κ2) is 15.6. The van der Waals surface area contributed by atoms with Gasteiger partial charge < -0.3 is 16.0 Å². The quantitative estimate of drug-likeness (QED) is 0.134. The van der Waals surface area contributed by atoms with Crippen LogP contribution < -0.4 is 20.7 Å². The third-order valence-electron chi connectivity index (χ3n) is 7.07. The number of benzene rings is 3. The molecule has 0 saturated heterocycles. The molecular formula is C32H37F3N4O5S. The summed E-state index contributed by atoms with van der Waals surface area (Å²) in [7, 11) is -4.30. The van der Waals surface area contributed by atoms with Crippen LogP contribution in [-0.2, 0) is 25.8 Å². The number of hydrogen-bond acceptors (Lipinski definition) is 6. The van der Waals surface area contributed by atoms with E-state index in [1.807, 2.05) is 25.5 Å². The molecule has 3 aromatic rings. The Bertz CT molecular complexity index is 1610. The number of amides is 3. The molecule has 4 N–H and O–H groups in total. The number of rotatable bonds is 14. The van der Waals surface area contributed by atoms with Crippen LogP contribution in [0.15, 0.2) is 71.6 Å². The highest BCUT2D eigenvalue weighted by Gasteiger charge is 2.30. The van der Waals surface area contributed by atoms with Crippen molar-refractivity contribution in [1.29, 1.82) is 0 Å². The first-order valence-electron chi connectivity index (χ1n) is 14.6. The van der Waals surface area contributed by atoms with E-state index in [1.54, 1.807) is 0 Å². The van der Waals surface area contributed by atoms with Crippen LogP contribution in [0.4, 0.5) is 35.9 Å². The minimum atomic E-state index is -4.50. The number of carbonyl (C=O) groups is 3. The van der Waals surface area contributed by atoms with Gasteiger partial charge in [0.25, 0.3) is 15.9 Å². The molecule has 0 atom stereocenters. The predicted octanol–water partition coefficient (Wildman–Crippen LogP) is 7.46. The monoisotopic (exact) mass is 646 g/mol. The van der Waals surface area contributed by atoms with Crippen LogP contribution in [0.25, 0.3) is 0 Å². The first kappa shape index (κ1) is 35.1. The van der Waals surface area contributed by atoms with Crippen molar-refractivity contribution in [3.8, 4) is 0 Å². The van der Waals surface area contributed by atoms with Gasteiger partial charge in [0, 0.05) is 23.6 Å². The van der Waals surface area contributed by atoms with Gasteiger partial charge in [-0.2, -0.15) is 13.2 Å². The molecule has 9 nitrogen and oxygen atoms in total. The molecule has 0 aliphatic carbocycles. The number of hydrogen-bond donors (Lipinski definition) is 4. The zero-order chi connectivity index (χ0) is 33.2. The number of sulfonamides is 1. The van der Waals surface area contributed by atoms with Crippen LogP contribution in [0.1, 0.15) is 75.2 Å². The van der Waals surface area contributed by atoms with Gasteiger partial charge in [-0.1, -0.05) is 45.7 Å². The minimum Gasteiger partial charge on any atom is -0.354 e. The first-order chi connectivity index (χ1) is 21.3. The summed E-state index contributed by atoms with van der Waals surface area (Å²) in [6, 6.07) is 14.2. The minimum absolute atomic E-state index is 0.0415. The number of nitrogens with one attached hydrogen (secondary N) is 4. The van der Waals surface area contributed by atoms with Crippen molar-refractivity contribution in [3.05, 3.63) is 77.9 Å². The molecule has 0 heterocycles. The molecule has 0 bridgehead atoms. The van der Waals surface area contributed by atoms with E-state index >= 15 is 0 Å². The van der Waals surface area contributed by atoms with Gasteiger partial charge in [-0.25, -0.2) is 13.1 Å². The number of alkyl halides is 3. The third kappa shape index (κ3) is 9.80.